The first-order chi connectivity index (χ1) is 8.66. The summed E-state index contributed by atoms with van der Waals surface area (Å²) >= 11 is 0. The zero-order valence-corrected chi connectivity index (χ0v) is 11.5. The van der Waals surface area contributed by atoms with Gasteiger partial charge >= 0.3 is 0 Å². The Bertz CT molecular complexity index is 308. The SMILES string of the molecule is CC1(C)COC(COCC2=CCCCC=C2)OC1. The van der Waals surface area contributed by atoms with E-state index in [1.54, 1.807) is 0 Å². The van der Waals surface area contributed by atoms with Gasteiger partial charge in [-0.15, -0.1) is 0 Å². The predicted molar refractivity (Wildman–Crippen MR) is 71.4 cm³/mol. The van der Waals surface area contributed by atoms with Crippen LogP contribution in [0.1, 0.15) is 33.1 Å². The molecule has 0 aromatic rings. The minimum atomic E-state index is -0.201. The summed E-state index contributed by atoms with van der Waals surface area (Å²) < 4.78 is 16.9. The average molecular weight is 252 g/mol. The van der Waals surface area contributed by atoms with Crippen molar-refractivity contribution in [1.82, 2.24) is 0 Å². The van der Waals surface area contributed by atoms with Crippen LogP contribution < -0.4 is 0 Å². The molecule has 1 heterocycles. The molecule has 0 spiro atoms. The number of allylic oxidation sites excluding steroid dienone is 2. The topological polar surface area (TPSA) is 27.7 Å². The Balaban J connectivity index is 1.65. The van der Waals surface area contributed by atoms with Gasteiger partial charge in [0.1, 0.15) is 0 Å². The van der Waals surface area contributed by atoms with Crippen LogP contribution in [-0.4, -0.2) is 32.7 Å². The molecular formula is C15H24O3. The molecule has 0 aromatic carbocycles. The third kappa shape index (κ3) is 4.56. The lowest BCUT2D eigenvalue weighted by Gasteiger charge is -2.34. The number of hydrogen-bond donors (Lipinski definition) is 0. The third-order valence-corrected chi connectivity index (χ3v) is 3.16. The Morgan fingerprint density at radius 3 is 2.83 bits per heavy atom. The van der Waals surface area contributed by atoms with Crippen molar-refractivity contribution in [3.63, 3.8) is 0 Å². The summed E-state index contributed by atoms with van der Waals surface area (Å²) in [6.45, 7) is 6.94. The highest BCUT2D eigenvalue weighted by Crippen LogP contribution is 2.23. The lowest BCUT2D eigenvalue weighted by Crippen LogP contribution is -2.39. The second-order valence-electron chi connectivity index (χ2n) is 5.84. The molecule has 102 valence electrons. The summed E-state index contributed by atoms with van der Waals surface area (Å²) in [6, 6.07) is 0. The molecule has 18 heavy (non-hydrogen) atoms. The molecule has 1 saturated heterocycles. The first-order valence-electron chi connectivity index (χ1n) is 6.82. The maximum Gasteiger partial charge on any atom is 0.180 e. The molecule has 0 unspecified atom stereocenters. The van der Waals surface area contributed by atoms with Gasteiger partial charge in [-0.25, -0.2) is 0 Å². The first-order valence-corrected chi connectivity index (χ1v) is 6.82. The van der Waals surface area contributed by atoms with Crippen LogP contribution in [0.5, 0.6) is 0 Å². The second kappa shape index (κ2) is 6.50. The Morgan fingerprint density at radius 1 is 1.28 bits per heavy atom. The van der Waals surface area contributed by atoms with E-state index < -0.39 is 0 Å². The fourth-order valence-electron chi connectivity index (χ4n) is 2.03. The summed E-state index contributed by atoms with van der Waals surface area (Å²) in [4.78, 5) is 0. The summed E-state index contributed by atoms with van der Waals surface area (Å²) in [6.07, 6.45) is 10.0. The standard InChI is InChI=1S/C15H24O3/c1-15(2)11-17-14(18-12-15)10-16-9-13-7-5-3-4-6-8-13/h5,7-8,14H,3-4,6,9-12H2,1-2H3. The number of ether oxygens (including phenoxy) is 3. The van der Waals surface area contributed by atoms with E-state index in [2.05, 4.69) is 32.1 Å². The van der Waals surface area contributed by atoms with E-state index >= 15 is 0 Å². The Labute approximate surface area is 110 Å². The molecule has 3 nitrogen and oxygen atoms in total. The molecule has 1 aliphatic heterocycles. The van der Waals surface area contributed by atoms with Gasteiger partial charge < -0.3 is 14.2 Å². The molecule has 3 heteroatoms. The van der Waals surface area contributed by atoms with Crippen molar-refractivity contribution in [2.45, 2.75) is 39.4 Å². The Morgan fingerprint density at radius 2 is 2.06 bits per heavy atom. The van der Waals surface area contributed by atoms with E-state index in [0.29, 0.717) is 13.2 Å². The van der Waals surface area contributed by atoms with E-state index in [9.17, 15) is 0 Å². The van der Waals surface area contributed by atoms with Crippen LogP contribution in [0.15, 0.2) is 23.8 Å². The maximum atomic E-state index is 5.67. The lowest BCUT2D eigenvalue weighted by molar-refractivity contribution is -0.238. The van der Waals surface area contributed by atoms with Gasteiger partial charge in [0.25, 0.3) is 0 Å². The molecule has 0 radical (unpaired) electrons. The molecule has 1 fully saturated rings. The lowest BCUT2D eigenvalue weighted by atomic mass is 9.96. The van der Waals surface area contributed by atoms with Crippen LogP contribution in [0.25, 0.3) is 0 Å². The smallest absolute Gasteiger partial charge is 0.180 e. The van der Waals surface area contributed by atoms with Crippen LogP contribution in [0.4, 0.5) is 0 Å². The van der Waals surface area contributed by atoms with E-state index in [1.807, 2.05) is 0 Å². The van der Waals surface area contributed by atoms with Crippen molar-refractivity contribution in [1.29, 1.82) is 0 Å². The molecule has 0 aromatic heterocycles. The fraction of sp³-hybridized carbons (Fsp3) is 0.733. The minimum Gasteiger partial charge on any atom is -0.372 e. The molecular weight excluding hydrogens is 228 g/mol. The van der Waals surface area contributed by atoms with Gasteiger partial charge in [-0.3, -0.25) is 0 Å². The van der Waals surface area contributed by atoms with Gasteiger partial charge in [0.15, 0.2) is 6.29 Å². The Hall–Kier alpha value is -0.640. The summed E-state index contributed by atoms with van der Waals surface area (Å²) in [5.74, 6) is 0. The monoisotopic (exact) mass is 252 g/mol. The second-order valence-corrected chi connectivity index (χ2v) is 5.84. The van der Waals surface area contributed by atoms with Gasteiger partial charge in [0.05, 0.1) is 26.4 Å². The molecule has 2 aliphatic rings. The van der Waals surface area contributed by atoms with Gasteiger partial charge in [-0.2, -0.15) is 0 Å². The van der Waals surface area contributed by atoms with E-state index in [1.165, 1.54) is 18.4 Å². The van der Waals surface area contributed by atoms with E-state index in [-0.39, 0.29) is 11.7 Å². The Kier molecular flexibility index (Phi) is 4.98. The van der Waals surface area contributed by atoms with Gasteiger partial charge in [-0.05, 0) is 24.8 Å². The van der Waals surface area contributed by atoms with Crippen LogP contribution in [0.2, 0.25) is 0 Å². The van der Waals surface area contributed by atoms with Gasteiger partial charge in [0.2, 0.25) is 0 Å². The van der Waals surface area contributed by atoms with Gasteiger partial charge in [0, 0.05) is 5.41 Å². The van der Waals surface area contributed by atoms with Crippen molar-refractivity contribution >= 4 is 0 Å². The van der Waals surface area contributed by atoms with Crippen molar-refractivity contribution < 1.29 is 14.2 Å². The van der Waals surface area contributed by atoms with Crippen LogP contribution in [0.3, 0.4) is 0 Å². The van der Waals surface area contributed by atoms with Crippen molar-refractivity contribution in [3.05, 3.63) is 23.8 Å². The zero-order chi connectivity index (χ0) is 12.8. The molecule has 0 saturated carbocycles. The molecule has 2 rings (SSSR count). The van der Waals surface area contributed by atoms with Gasteiger partial charge in [-0.1, -0.05) is 32.1 Å². The van der Waals surface area contributed by atoms with Crippen LogP contribution in [-0.2, 0) is 14.2 Å². The predicted octanol–water partition coefficient (Wildman–Crippen LogP) is 3.07. The summed E-state index contributed by atoms with van der Waals surface area (Å²) in [5.41, 5.74) is 1.40. The molecule has 0 atom stereocenters. The normalized spacial score (nSPS) is 24.7. The minimum absolute atomic E-state index is 0.128. The third-order valence-electron chi connectivity index (χ3n) is 3.16. The van der Waals surface area contributed by atoms with E-state index in [4.69, 9.17) is 14.2 Å². The fourth-order valence-corrected chi connectivity index (χ4v) is 2.03. The molecule has 0 amide bonds. The molecule has 0 N–H and O–H groups in total. The van der Waals surface area contributed by atoms with Crippen molar-refractivity contribution in [2.75, 3.05) is 26.4 Å². The number of hydrogen-bond acceptors (Lipinski definition) is 3. The van der Waals surface area contributed by atoms with Crippen molar-refractivity contribution in [3.8, 4) is 0 Å². The molecule has 1 aliphatic carbocycles. The zero-order valence-electron chi connectivity index (χ0n) is 11.5. The maximum absolute atomic E-state index is 5.67. The van der Waals surface area contributed by atoms with Crippen LogP contribution in [0, 0.1) is 5.41 Å². The highest BCUT2D eigenvalue weighted by molar-refractivity contribution is 5.20. The van der Waals surface area contributed by atoms with Crippen molar-refractivity contribution in [2.24, 2.45) is 5.41 Å². The highest BCUT2D eigenvalue weighted by atomic mass is 16.7. The van der Waals surface area contributed by atoms with E-state index in [0.717, 1.165) is 19.6 Å². The largest absolute Gasteiger partial charge is 0.372 e. The quantitative estimate of drug-likeness (QED) is 0.769. The molecule has 0 bridgehead atoms. The number of rotatable bonds is 4. The summed E-state index contributed by atoms with van der Waals surface area (Å²) in [5, 5.41) is 0. The average Bonchev–Trinajstić information content (AvgIpc) is 2.60. The van der Waals surface area contributed by atoms with Crippen LogP contribution >= 0.6 is 0 Å². The first kappa shape index (κ1) is 13.8. The highest BCUT2D eigenvalue weighted by Gasteiger charge is 2.28. The summed E-state index contributed by atoms with van der Waals surface area (Å²) in [7, 11) is 0.